The molecule has 0 spiro atoms. The predicted molar refractivity (Wildman–Crippen MR) is 95.0 cm³/mol. The number of aromatic nitrogens is 2. The number of rotatable bonds is 6. The predicted octanol–water partition coefficient (Wildman–Crippen LogP) is 4.36. The molecule has 0 saturated heterocycles. The Labute approximate surface area is 150 Å². The number of ether oxygens (including phenoxy) is 1. The molecule has 1 aromatic carbocycles. The van der Waals surface area contributed by atoms with Crippen LogP contribution in [0.4, 0.5) is 11.5 Å². The monoisotopic (exact) mass is 362 g/mol. The summed E-state index contributed by atoms with van der Waals surface area (Å²) in [6.45, 7) is 0.387. The molecule has 1 aliphatic rings. The van der Waals surface area contributed by atoms with Crippen LogP contribution >= 0.6 is 11.6 Å². The van der Waals surface area contributed by atoms with Crippen molar-refractivity contribution in [2.24, 2.45) is 0 Å². The largest absolute Gasteiger partial charge is 0.469 e. The molecule has 0 bridgehead atoms. The molecule has 0 atom stereocenters. The number of nitrogens with one attached hydrogen (secondary N) is 1. The molecule has 25 heavy (non-hydrogen) atoms. The van der Waals surface area contributed by atoms with Crippen molar-refractivity contribution in [3.63, 3.8) is 0 Å². The lowest BCUT2D eigenvalue weighted by Gasteiger charge is -2.22. The number of hydrogen-bond donors (Lipinski definition) is 1. The van der Waals surface area contributed by atoms with Gasteiger partial charge in [-0.2, -0.15) is 4.98 Å². The second-order valence-corrected chi connectivity index (χ2v) is 6.43. The van der Waals surface area contributed by atoms with Gasteiger partial charge in [-0.15, -0.1) is 0 Å². The number of anilines is 1. The maximum absolute atomic E-state index is 11.5. The first-order valence-electron chi connectivity index (χ1n) is 8.28. The molecule has 1 heterocycles. The molecule has 8 heteroatoms. The molecule has 1 saturated carbocycles. The number of halogens is 1. The second-order valence-electron chi connectivity index (χ2n) is 5.99. The highest BCUT2D eigenvalue weighted by Crippen LogP contribution is 2.33. The standard InChI is InChI=1S/C17H19ClN4O3/c18-13-8-6-12(7-9-13)10-19-16-15(22(23)24)17(21-11-20-16)25-14-4-2-1-3-5-14/h6-9,11,14H,1-5,10H2,(H,19,20,21). The van der Waals surface area contributed by atoms with Crippen molar-refractivity contribution in [1.82, 2.24) is 9.97 Å². The first-order valence-corrected chi connectivity index (χ1v) is 8.65. The van der Waals surface area contributed by atoms with Gasteiger partial charge < -0.3 is 10.1 Å². The van der Waals surface area contributed by atoms with Gasteiger partial charge in [0, 0.05) is 11.6 Å². The molecule has 132 valence electrons. The number of nitrogens with zero attached hydrogens (tertiary/aromatic N) is 3. The van der Waals surface area contributed by atoms with E-state index in [1.807, 2.05) is 12.1 Å². The summed E-state index contributed by atoms with van der Waals surface area (Å²) in [6.07, 6.45) is 6.39. The molecule has 3 rings (SSSR count). The Morgan fingerprint density at radius 1 is 1.20 bits per heavy atom. The highest BCUT2D eigenvalue weighted by atomic mass is 35.5. The maximum Gasteiger partial charge on any atom is 0.372 e. The lowest BCUT2D eigenvalue weighted by atomic mass is 9.98. The van der Waals surface area contributed by atoms with Crippen LogP contribution in [-0.2, 0) is 6.54 Å². The highest BCUT2D eigenvalue weighted by molar-refractivity contribution is 6.30. The minimum Gasteiger partial charge on any atom is -0.469 e. The molecule has 1 N–H and O–H groups in total. The van der Waals surface area contributed by atoms with Crippen LogP contribution in [0.3, 0.4) is 0 Å². The van der Waals surface area contributed by atoms with E-state index in [1.54, 1.807) is 12.1 Å². The molecule has 0 unspecified atom stereocenters. The molecule has 0 radical (unpaired) electrons. The van der Waals surface area contributed by atoms with E-state index < -0.39 is 4.92 Å². The minimum atomic E-state index is -0.498. The van der Waals surface area contributed by atoms with Gasteiger partial charge in [-0.05, 0) is 43.4 Å². The third-order valence-electron chi connectivity index (χ3n) is 4.17. The van der Waals surface area contributed by atoms with Crippen molar-refractivity contribution in [2.45, 2.75) is 44.8 Å². The molecule has 1 aromatic heterocycles. The van der Waals surface area contributed by atoms with Gasteiger partial charge in [0.15, 0.2) is 0 Å². The van der Waals surface area contributed by atoms with Crippen molar-refractivity contribution in [1.29, 1.82) is 0 Å². The molecular formula is C17H19ClN4O3. The average molecular weight is 363 g/mol. The summed E-state index contributed by atoms with van der Waals surface area (Å²) in [5, 5.41) is 15.2. The number of nitro groups is 1. The summed E-state index contributed by atoms with van der Waals surface area (Å²) < 4.78 is 5.81. The lowest BCUT2D eigenvalue weighted by Crippen LogP contribution is -2.21. The zero-order chi connectivity index (χ0) is 17.6. The fraction of sp³-hybridized carbons (Fsp3) is 0.412. The van der Waals surface area contributed by atoms with E-state index in [4.69, 9.17) is 16.3 Å². The first kappa shape index (κ1) is 17.4. The topological polar surface area (TPSA) is 90.2 Å². The maximum atomic E-state index is 11.5. The van der Waals surface area contributed by atoms with Gasteiger partial charge in [0.1, 0.15) is 12.4 Å². The summed E-state index contributed by atoms with van der Waals surface area (Å²) in [6, 6.07) is 7.23. The SMILES string of the molecule is O=[N+]([O-])c1c(NCc2ccc(Cl)cc2)ncnc1OC1CCCCC1. The summed E-state index contributed by atoms with van der Waals surface area (Å²) in [7, 11) is 0. The van der Waals surface area contributed by atoms with E-state index in [0.717, 1.165) is 31.2 Å². The van der Waals surface area contributed by atoms with Gasteiger partial charge in [0.05, 0.1) is 4.92 Å². The number of hydrogen-bond acceptors (Lipinski definition) is 6. The molecule has 1 fully saturated rings. The van der Waals surface area contributed by atoms with Crippen molar-refractivity contribution < 1.29 is 9.66 Å². The fourth-order valence-electron chi connectivity index (χ4n) is 2.87. The minimum absolute atomic E-state index is 0.0218. The second kappa shape index (κ2) is 8.11. The van der Waals surface area contributed by atoms with Crippen molar-refractivity contribution >= 4 is 23.1 Å². The van der Waals surface area contributed by atoms with Crippen LogP contribution in [0, 0.1) is 10.1 Å². The van der Waals surface area contributed by atoms with E-state index in [9.17, 15) is 10.1 Å². The van der Waals surface area contributed by atoms with Crippen LogP contribution in [0.2, 0.25) is 5.02 Å². The molecule has 7 nitrogen and oxygen atoms in total. The lowest BCUT2D eigenvalue weighted by molar-refractivity contribution is -0.385. The van der Waals surface area contributed by atoms with Crippen LogP contribution in [0.5, 0.6) is 5.88 Å². The first-order chi connectivity index (χ1) is 12.1. The summed E-state index contributed by atoms with van der Waals surface area (Å²) in [5.41, 5.74) is 0.717. The van der Waals surface area contributed by atoms with Crippen molar-refractivity contribution in [3.05, 3.63) is 51.3 Å². The van der Waals surface area contributed by atoms with Crippen molar-refractivity contribution in [3.8, 4) is 5.88 Å². The third kappa shape index (κ3) is 4.57. The highest BCUT2D eigenvalue weighted by Gasteiger charge is 2.27. The van der Waals surface area contributed by atoms with E-state index in [0.29, 0.717) is 11.6 Å². The Morgan fingerprint density at radius 2 is 1.92 bits per heavy atom. The van der Waals surface area contributed by atoms with E-state index in [1.165, 1.54) is 12.7 Å². The number of benzene rings is 1. The molecule has 0 aliphatic heterocycles. The molecule has 2 aromatic rings. The fourth-order valence-corrected chi connectivity index (χ4v) is 3.00. The zero-order valence-corrected chi connectivity index (χ0v) is 14.4. The Bertz CT molecular complexity index is 733. The summed E-state index contributed by atoms with van der Waals surface area (Å²) in [5.74, 6) is 0.186. The third-order valence-corrected chi connectivity index (χ3v) is 4.43. The van der Waals surface area contributed by atoms with E-state index in [-0.39, 0.29) is 23.5 Å². The van der Waals surface area contributed by atoms with Crippen LogP contribution in [-0.4, -0.2) is 21.0 Å². The van der Waals surface area contributed by atoms with E-state index in [2.05, 4.69) is 15.3 Å². The van der Waals surface area contributed by atoms with Crippen LogP contribution in [0.1, 0.15) is 37.7 Å². The molecular weight excluding hydrogens is 344 g/mol. The van der Waals surface area contributed by atoms with Gasteiger partial charge in [0.25, 0.3) is 5.88 Å². The van der Waals surface area contributed by atoms with Gasteiger partial charge in [0.2, 0.25) is 5.82 Å². The summed E-state index contributed by atoms with van der Waals surface area (Å²) in [4.78, 5) is 19.0. The molecule has 0 amide bonds. The Morgan fingerprint density at radius 3 is 2.60 bits per heavy atom. The van der Waals surface area contributed by atoms with Crippen molar-refractivity contribution in [2.75, 3.05) is 5.32 Å². The zero-order valence-electron chi connectivity index (χ0n) is 13.7. The van der Waals surface area contributed by atoms with Crippen LogP contribution in [0.15, 0.2) is 30.6 Å². The van der Waals surface area contributed by atoms with Gasteiger partial charge in [-0.1, -0.05) is 30.2 Å². The average Bonchev–Trinajstić information content (AvgIpc) is 2.62. The van der Waals surface area contributed by atoms with E-state index >= 15 is 0 Å². The molecule has 1 aliphatic carbocycles. The smallest absolute Gasteiger partial charge is 0.372 e. The quantitative estimate of drug-likeness (QED) is 0.606. The van der Waals surface area contributed by atoms with Crippen LogP contribution < -0.4 is 10.1 Å². The Kier molecular flexibility index (Phi) is 5.65. The Hall–Kier alpha value is -2.41. The van der Waals surface area contributed by atoms with Gasteiger partial charge in [-0.3, -0.25) is 10.1 Å². The van der Waals surface area contributed by atoms with Gasteiger partial charge in [-0.25, -0.2) is 4.98 Å². The Balaban J connectivity index is 1.77. The summed E-state index contributed by atoms with van der Waals surface area (Å²) >= 11 is 5.86. The normalized spacial score (nSPS) is 14.9. The van der Waals surface area contributed by atoms with Gasteiger partial charge >= 0.3 is 5.69 Å². The van der Waals surface area contributed by atoms with Crippen LogP contribution in [0.25, 0.3) is 0 Å².